The van der Waals surface area contributed by atoms with Gasteiger partial charge in [-0.25, -0.2) is 8.42 Å². The van der Waals surface area contributed by atoms with Crippen LogP contribution in [0.1, 0.15) is 19.8 Å². The fourth-order valence-corrected chi connectivity index (χ4v) is 3.65. The van der Waals surface area contributed by atoms with Gasteiger partial charge in [0.15, 0.2) is 9.84 Å². The van der Waals surface area contributed by atoms with E-state index in [9.17, 15) is 23.3 Å². The molecule has 0 aromatic heterocycles. The first-order valence-electron chi connectivity index (χ1n) is 7.75. The highest BCUT2D eigenvalue weighted by Gasteiger charge is 2.26. The van der Waals surface area contributed by atoms with Crippen LogP contribution in [0.2, 0.25) is 0 Å². The van der Waals surface area contributed by atoms with Crippen molar-refractivity contribution in [1.82, 2.24) is 4.90 Å². The fourth-order valence-electron chi connectivity index (χ4n) is 2.79. The summed E-state index contributed by atoms with van der Waals surface area (Å²) in [4.78, 5) is 25.9. The molecule has 1 amide bonds. The largest absolute Gasteiger partial charge is 0.362 e. The molecule has 1 aromatic carbocycles. The third kappa shape index (κ3) is 4.02. The number of benzene rings is 1. The Labute approximate surface area is 141 Å². The van der Waals surface area contributed by atoms with Crippen LogP contribution >= 0.6 is 0 Å². The van der Waals surface area contributed by atoms with E-state index in [1.807, 2.05) is 6.92 Å². The van der Waals surface area contributed by atoms with Gasteiger partial charge in [0.25, 0.3) is 5.69 Å². The van der Waals surface area contributed by atoms with Crippen LogP contribution in [0.25, 0.3) is 0 Å². The number of nitro groups is 1. The summed E-state index contributed by atoms with van der Waals surface area (Å²) >= 11 is 0. The number of nitro benzene ring substituents is 1. The summed E-state index contributed by atoms with van der Waals surface area (Å²) in [6.07, 6.45) is 2.58. The summed E-state index contributed by atoms with van der Waals surface area (Å²) in [5, 5.41) is 11.0. The lowest BCUT2D eigenvalue weighted by atomic mass is 10.2. The van der Waals surface area contributed by atoms with E-state index in [1.54, 1.807) is 9.80 Å². The van der Waals surface area contributed by atoms with E-state index in [0.717, 1.165) is 19.1 Å². The van der Waals surface area contributed by atoms with E-state index < -0.39 is 20.4 Å². The van der Waals surface area contributed by atoms with Gasteiger partial charge in [-0.05, 0) is 25.0 Å². The van der Waals surface area contributed by atoms with Crippen LogP contribution in [0, 0.1) is 10.1 Å². The third-order valence-electron chi connectivity index (χ3n) is 3.93. The molecule has 2 rings (SSSR count). The highest BCUT2D eigenvalue weighted by molar-refractivity contribution is 7.90. The van der Waals surface area contributed by atoms with Crippen LogP contribution < -0.4 is 4.90 Å². The summed E-state index contributed by atoms with van der Waals surface area (Å²) in [6.45, 7) is 4.09. The van der Waals surface area contributed by atoms with Crippen molar-refractivity contribution >= 4 is 27.1 Å². The first-order chi connectivity index (χ1) is 11.2. The Hall–Kier alpha value is -2.16. The molecule has 9 heteroatoms. The first-order valence-corrected chi connectivity index (χ1v) is 9.64. The van der Waals surface area contributed by atoms with E-state index in [4.69, 9.17) is 0 Å². The number of rotatable bonds is 5. The number of carbonyl (C=O) groups excluding carboxylic acids is 1. The molecule has 0 saturated carbocycles. The molecule has 0 N–H and O–H groups in total. The van der Waals surface area contributed by atoms with Gasteiger partial charge >= 0.3 is 0 Å². The van der Waals surface area contributed by atoms with E-state index >= 15 is 0 Å². The smallest absolute Gasteiger partial charge is 0.288 e. The standard InChI is InChI=1S/C15H21N3O5S/c1-3-7-16-8-4-9-17(11-15(16)19)12-5-6-13(18(20)21)14(10-12)24(2,22)23/h5-6,10H,3-4,7-9,11H2,1-2H3. The number of anilines is 1. The SMILES string of the molecule is CCCN1CCCN(c2ccc([N+](=O)[O-])c(S(C)(=O)=O)c2)CC1=O. The van der Waals surface area contributed by atoms with Crippen molar-refractivity contribution in [3.8, 4) is 0 Å². The average Bonchev–Trinajstić information content (AvgIpc) is 2.68. The molecule has 0 spiro atoms. The zero-order valence-electron chi connectivity index (χ0n) is 13.8. The van der Waals surface area contributed by atoms with Gasteiger partial charge in [-0.1, -0.05) is 6.92 Å². The van der Waals surface area contributed by atoms with Crippen molar-refractivity contribution in [2.75, 3.05) is 37.3 Å². The molecule has 1 heterocycles. The van der Waals surface area contributed by atoms with E-state index in [2.05, 4.69) is 0 Å². The molecule has 0 unspecified atom stereocenters. The van der Waals surface area contributed by atoms with Crippen LogP contribution in [-0.4, -0.2) is 56.6 Å². The number of nitrogens with zero attached hydrogens (tertiary/aromatic N) is 3. The summed E-state index contributed by atoms with van der Waals surface area (Å²) in [7, 11) is -3.75. The Balaban J connectivity index is 2.35. The van der Waals surface area contributed by atoms with Gasteiger partial charge in [0.1, 0.15) is 4.90 Å². The van der Waals surface area contributed by atoms with E-state index in [1.165, 1.54) is 18.2 Å². The van der Waals surface area contributed by atoms with Crippen LogP contribution in [0.5, 0.6) is 0 Å². The minimum atomic E-state index is -3.75. The van der Waals surface area contributed by atoms with Crippen molar-refractivity contribution in [2.24, 2.45) is 0 Å². The third-order valence-corrected chi connectivity index (χ3v) is 5.06. The van der Waals surface area contributed by atoms with Gasteiger partial charge in [0, 0.05) is 37.6 Å². The summed E-state index contributed by atoms with van der Waals surface area (Å²) in [5.74, 6) is -0.0198. The second kappa shape index (κ2) is 7.16. The lowest BCUT2D eigenvalue weighted by Gasteiger charge is -2.23. The van der Waals surface area contributed by atoms with Gasteiger partial charge in [0.05, 0.1) is 11.5 Å². The molecule has 1 fully saturated rings. The van der Waals surface area contributed by atoms with Crippen LogP contribution in [0.3, 0.4) is 0 Å². The van der Waals surface area contributed by atoms with Gasteiger partial charge in [-0.2, -0.15) is 0 Å². The minimum absolute atomic E-state index is 0.0198. The molecule has 0 atom stereocenters. The van der Waals surface area contributed by atoms with Gasteiger partial charge < -0.3 is 9.80 Å². The molecule has 132 valence electrons. The number of hydrogen-bond acceptors (Lipinski definition) is 6. The van der Waals surface area contributed by atoms with Crippen molar-refractivity contribution in [1.29, 1.82) is 0 Å². The van der Waals surface area contributed by atoms with E-state index in [-0.39, 0.29) is 17.3 Å². The van der Waals surface area contributed by atoms with Gasteiger partial charge in [0.2, 0.25) is 5.91 Å². The molecule has 1 aromatic rings. The minimum Gasteiger partial charge on any atom is -0.362 e. The van der Waals surface area contributed by atoms with Crippen molar-refractivity contribution in [3.05, 3.63) is 28.3 Å². The number of carbonyl (C=O) groups is 1. The molecule has 24 heavy (non-hydrogen) atoms. The van der Waals surface area contributed by atoms with Crippen LogP contribution in [-0.2, 0) is 14.6 Å². The predicted octanol–water partition coefficient (Wildman–Crippen LogP) is 1.45. The van der Waals surface area contributed by atoms with E-state index in [0.29, 0.717) is 25.3 Å². The lowest BCUT2D eigenvalue weighted by molar-refractivity contribution is -0.387. The summed E-state index contributed by atoms with van der Waals surface area (Å²) < 4.78 is 23.7. The normalized spacial score (nSPS) is 16.2. The fraction of sp³-hybridized carbons (Fsp3) is 0.533. The monoisotopic (exact) mass is 355 g/mol. The average molecular weight is 355 g/mol. The van der Waals surface area contributed by atoms with Crippen molar-refractivity contribution < 1.29 is 18.1 Å². The van der Waals surface area contributed by atoms with Gasteiger partial charge in [-0.15, -0.1) is 0 Å². The summed E-state index contributed by atoms with van der Waals surface area (Å²) in [5.41, 5.74) is 0.0581. The highest BCUT2D eigenvalue weighted by Crippen LogP contribution is 2.29. The molecule has 0 radical (unpaired) electrons. The molecular formula is C15H21N3O5S. The van der Waals surface area contributed by atoms with Crippen molar-refractivity contribution in [3.63, 3.8) is 0 Å². The Morgan fingerprint density at radius 3 is 2.58 bits per heavy atom. The summed E-state index contributed by atoms with van der Waals surface area (Å²) in [6, 6.07) is 3.97. The Morgan fingerprint density at radius 2 is 2.00 bits per heavy atom. The Morgan fingerprint density at radius 1 is 1.29 bits per heavy atom. The predicted molar refractivity (Wildman–Crippen MR) is 89.9 cm³/mol. The van der Waals surface area contributed by atoms with Crippen LogP contribution in [0.4, 0.5) is 11.4 Å². The maximum absolute atomic E-state index is 12.3. The Bertz CT molecular complexity index is 747. The molecule has 0 aliphatic carbocycles. The number of amides is 1. The molecular weight excluding hydrogens is 334 g/mol. The zero-order chi connectivity index (χ0) is 17.9. The molecule has 1 aliphatic heterocycles. The first kappa shape index (κ1) is 18.2. The number of hydrogen-bond donors (Lipinski definition) is 0. The quantitative estimate of drug-likeness (QED) is 0.585. The maximum atomic E-state index is 12.3. The van der Waals surface area contributed by atoms with Gasteiger partial charge in [-0.3, -0.25) is 14.9 Å². The Kier molecular flexibility index (Phi) is 5.43. The maximum Gasteiger partial charge on any atom is 0.288 e. The number of sulfone groups is 1. The lowest BCUT2D eigenvalue weighted by Crippen LogP contribution is -2.37. The van der Waals surface area contributed by atoms with Crippen molar-refractivity contribution in [2.45, 2.75) is 24.7 Å². The highest BCUT2D eigenvalue weighted by atomic mass is 32.2. The molecule has 1 aliphatic rings. The molecule has 0 bridgehead atoms. The molecule has 8 nitrogen and oxygen atoms in total. The van der Waals surface area contributed by atoms with Crippen LogP contribution in [0.15, 0.2) is 23.1 Å². The second-order valence-electron chi connectivity index (χ2n) is 5.84. The second-order valence-corrected chi connectivity index (χ2v) is 7.82. The topological polar surface area (TPSA) is 101 Å². The molecule has 1 saturated heterocycles. The zero-order valence-corrected chi connectivity index (χ0v) is 14.6.